The Balaban J connectivity index is 1.46. The lowest BCUT2D eigenvalue weighted by Crippen LogP contribution is -2.34. The molecule has 0 saturated carbocycles. The van der Waals surface area contributed by atoms with E-state index in [9.17, 15) is 5.11 Å². The van der Waals surface area contributed by atoms with Crippen LogP contribution in [0.5, 0.6) is 5.88 Å². The summed E-state index contributed by atoms with van der Waals surface area (Å²) in [4.78, 5) is 8.33. The third-order valence-electron chi connectivity index (χ3n) is 5.91. The van der Waals surface area contributed by atoms with Gasteiger partial charge in [0.05, 0.1) is 17.2 Å². The fraction of sp³-hybridized carbons (Fsp3) is 0.167. The van der Waals surface area contributed by atoms with Crippen LogP contribution in [0.2, 0.25) is 5.02 Å². The summed E-state index contributed by atoms with van der Waals surface area (Å²) >= 11 is 8.08. The molecule has 6 rings (SSSR count). The molecule has 0 amide bonds. The van der Waals surface area contributed by atoms with Crippen LogP contribution in [-0.2, 0) is 13.0 Å². The normalized spacial score (nSPS) is 15.2. The van der Waals surface area contributed by atoms with Crippen molar-refractivity contribution in [2.24, 2.45) is 0 Å². The van der Waals surface area contributed by atoms with Gasteiger partial charge in [0.1, 0.15) is 0 Å². The average Bonchev–Trinajstić information content (AvgIpc) is 3.54. The topological polar surface area (TPSA) is 66.8 Å². The van der Waals surface area contributed by atoms with Gasteiger partial charge in [0.15, 0.2) is 5.76 Å². The van der Waals surface area contributed by atoms with E-state index in [4.69, 9.17) is 16.0 Å². The van der Waals surface area contributed by atoms with Crippen LogP contribution in [0.25, 0.3) is 16.5 Å². The number of hydrogen-bond donors (Lipinski definition) is 1. The summed E-state index contributed by atoms with van der Waals surface area (Å²) in [5.41, 5.74) is 3.63. The van der Waals surface area contributed by atoms with Crippen molar-refractivity contribution in [2.45, 2.75) is 19.0 Å². The molecule has 160 valence electrons. The van der Waals surface area contributed by atoms with Gasteiger partial charge < -0.3 is 9.52 Å². The molecule has 8 heteroatoms. The lowest BCUT2D eigenvalue weighted by atomic mass is 9.95. The summed E-state index contributed by atoms with van der Waals surface area (Å²) in [6, 6.07) is 19.7. The third-order valence-corrected chi connectivity index (χ3v) is 7.33. The number of aromatic hydroxyl groups is 1. The minimum absolute atomic E-state index is 0.0825. The van der Waals surface area contributed by atoms with Crippen LogP contribution in [0.4, 0.5) is 0 Å². The Bertz CT molecular complexity index is 1410. The first kappa shape index (κ1) is 19.5. The quantitative estimate of drug-likeness (QED) is 0.379. The second-order valence-corrected chi connectivity index (χ2v) is 9.23. The Morgan fingerprint density at radius 2 is 1.84 bits per heavy atom. The predicted octanol–water partition coefficient (Wildman–Crippen LogP) is 5.56. The number of rotatable bonds is 4. The molecule has 0 aliphatic carbocycles. The van der Waals surface area contributed by atoms with Gasteiger partial charge in [-0.3, -0.25) is 4.90 Å². The zero-order valence-corrected chi connectivity index (χ0v) is 18.6. The minimum atomic E-state index is -0.211. The highest BCUT2D eigenvalue weighted by Gasteiger charge is 2.33. The second-order valence-electron chi connectivity index (χ2n) is 7.81. The zero-order chi connectivity index (χ0) is 21.7. The van der Waals surface area contributed by atoms with Crippen molar-refractivity contribution in [1.82, 2.24) is 19.5 Å². The number of thiazole rings is 1. The van der Waals surface area contributed by atoms with Gasteiger partial charge in [0.2, 0.25) is 16.7 Å². The Labute approximate surface area is 193 Å². The van der Waals surface area contributed by atoms with E-state index in [2.05, 4.69) is 39.2 Å². The van der Waals surface area contributed by atoms with E-state index in [-0.39, 0.29) is 11.9 Å². The Hall–Kier alpha value is -3.13. The van der Waals surface area contributed by atoms with Crippen LogP contribution in [0.1, 0.15) is 27.6 Å². The molecule has 1 atom stereocenters. The lowest BCUT2D eigenvalue weighted by Gasteiger charge is -2.35. The monoisotopic (exact) mass is 462 g/mol. The summed E-state index contributed by atoms with van der Waals surface area (Å²) in [5.74, 6) is 1.10. The molecule has 0 saturated heterocycles. The average molecular weight is 463 g/mol. The van der Waals surface area contributed by atoms with Crippen LogP contribution in [0, 0.1) is 0 Å². The van der Waals surface area contributed by atoms with Crippen molar-refractivity contribution in [1.29, 1.82) is 0 Å². The maximum Gasteiger partial charge on any atom is 0.230 e. The Kier molecular flexibility index (Phi) is 4.75. The first-order chi connectivity index (χ1) is 15.7. The van der Waals surface area contributed by atoms with E-state index in [1.807, 2.05) is 24.3 Å². The van der Waals surface area contributed by atoms with Gasteiger partial charge in [-0.2, -0.15) is 9.50 Å². The van der Waals surface area contributed by atoms with Crippen molar-refractivity contribution in [3.05, 3.63) is 93.5 Å². The Morgan fingerprint density at radius 1 is 1.03 bits per heavy atom. The molecule has 32 heavy (non-hydrogen) atoms. The molecule has 1 aliphatic heterocycles. The molecule has 0 bridgehead atoms. The maximum absolute atomic E-state index is 11.2. The highest BCUT2D eigenvalue weighted by molar-refractivity contribution is 7.17. The number of halogens is 1. The fourth-order valence-corrected chi connectivity index (χ4v) is 5.72. The summed E-state index contributed by atoms with van der Waals surface area (Å²) in [5, 5.41) is 16.4. The number of aromatic nitrogens is 3. The minimum Gasteiger partial charge on any atom is -0.492 e. The third kappa shape index (κ3) is 3.21. The van der Waals surface area contributed by atoms with E-state index in [1.165, 1.54) is 27.0 Å². The zero-order valence-electron chi connectivity index (χ0n) is 17.0. The van der Waals surface area contributed by atoms with Gasteiger partial charge in [0, 0.05) is 18.1 Å². The SMILES string of the molecule is Oc1c([C@@H](c2ccccc2Cl)N2CCc3ccccc3C2)sc2nc(-c3ccco3)nn12. The van der Waals surface area contributed by atoms with Gasteiger partial charge in [-0.1, -0.05) is 65.4 Å². The second kappa shape index (κ2) is 7.78. The molecule has 1 aliphatic rings. The summed E-state index contributed by atoms with van der Waals surface area (Å²) in [6.45, 7) is 1.63. The van der Waals surface area contributed by atoms with E-state index in [0.717, 1.165) is 30.0 Å². The largest absolute Gasteiger partial charge is 0.492 e. The van der Waals surface area contributed by atoms with Crippen molar-refractivity contribution in [2.75, 3.05) is 6.54 Å². The highest BCUT2D eigenvalue weighted by Crippen LogP contribution is 2.43. The number of furan rings is 1. The van der Waals surface area contributed by atoms with Crippen LogP contribution in [0.15, 0.2) is 71.3 Å². The van der Waals surface area contributed by atoms with Crippen LogP contribution in [-0.4, -0.2) is 31.1 Å². The predicted molar refractivity (Wildman–Crippen MR) is 124 cm³/mol. The first-order valence-electron chi connectivity index (χ1n) is 10.4. The molecular formula is C24H19ClN4O2S. The molecule has 3 aromatic heterocycles. The van der Waals surface area contributed by atoms with Crippen molar-refractivity contribution >= 4 is 27.9 Å². The van der Waals surface area contributed by atoms with Gasteiger partial charge in [-0.05, 0) is 41.3 Å². The summed E-state index contributed by atoms with van der Waals surface area (Å²) < 4.78 is 6.89. The van der Waals surface area contributed by atoms with Gasteiger partial charge in [0.25, 0.3) is 0 Å². The molecule has 5 aromatic rings. The number of nitrogens with zero attached hydrogens (tertiary/aromatic N) is 4. The van der Waals surface area contributed by atoms with Crippen molar-refractivity contribution < 1.29 is 9.52 Å². The van der Waals surface area contributed by atoms with E-state index in [0.29, 0.717) is 21.6 Å². The number of benzene rings is 2. The smallest absolute Gasteiger partial charge is 0.230 e. The van der Waals surface area contributed by atoms with Crippen LogP contribution in [0.3, 0.4) is 0 Å². The molecule has 6 nitrogen and oxygen atoms in total. The van der Waals surface area contributed by atoms with Gasteiger partial charge in [-0.25, -0.2) is 0 Å². The van der Waals surface area contributed by atoms with E-state index < -0.39 is 0 Å². The molecule has 0 fully saturated rings. The first-order valence-corrected chi connectivity index (χ1v) is 11.6. The highest BCUT2D eigenvalue weighted by atomic mass is 35.5. The van der Waals surface area contributed by atoms with Gasteiger partial charge >= 0.3 is 0 Å². The Morgan fingerprint density at radius 3 is 2.62 bits per heavy atom. The van der Waals surface area contributed by atoms with Crippen molar-refractivity contribution in [3.63, 3.8) is 0 Å². The molecule has 0 spiro atoms. The number of hydrogen-bond acceptors (Lipinski definition) is 6. The molecule has 0 unspecified atom stereocenters. The van der Waals surface area contributed by atoms with Crippen LogP contribution < -0.4 is 0 Å². The molecular weight excluding hydrogens is 444 g/mol. The fourth-order valence-electron chi connectivity index (χ4n) is 4.38. The number of fused-ring (bicyclic) bond motifs is 2. The molecule has 2 aromatic carbocycles. The summed E-state index contributed by atoms with van der Waals surface area (Å²) in [7, 11) is 0. The lowest BCUT2D eigenvalue weighted by molar-refractivity contribution is 0.205. The summed E-state index contributed by atoms with van der Waals surface area (Å²) in [6.07, 6.45) is 2.53. The van der Waals surface area contributed by atoms with E-state index >= 15 is 0 Å². The molecule has 1 N–H and O–H groups in total. The maximum atomic E-state index is 11.2. The molecule has 4 heterocycles. The molecule has 0 radical (unpaired) electrons. The van der Waals surface area contributed by atoms with Crippen molar-refractivity contribution in [3.8, 4) is 17.5 Å². The standard InChI is InChI=1S/C24H19ClN4O2S/c25-18-9-4-3-8-17(18)20(28-12-11-15-6-1-2-7-16(15)14-28)21-23(30)29-24(32-21)26-22(27-29)19-10-5-13-31-19/h1-10,13,20,30H,11-12,14H2/t20-/m1/s1. The van der Waals surface area contributed by atoms with Crippen LogP contribution >= 0.6 is 22.9 Å². The van der Waals surface area contributed by atoms with E-state index in [1.54, 1.807) is 18.4 Å². The van der Waals surface area contributed by atoms with Gasteiger partial charge in [-0.15, -0.1) is 5.10 Å².